The normalized spacial score (nSPS) is 13.1. The number of sulfone groups is 1. The summed E-state index contributed by atoms with van der Waals surface area (Å²) in [6.45, 7) is 8.12. The van der Waals surface area contributed by atoms with Crippen LogP contribution in [0.25, 0.3) is 0 Å². The summed E-state index contributed by atoms with van der Waals surface area (Å²) in [5.74, 6) is 0.347. The number of carbonyl (C=O) groups excluding carboxylic acids is 1. The van der Waals surface area contributed by atoms with E-state index in [0.717, 1.165) is 16.3 Å². The van der Waals surface area contributed by atoms with Gasteiger partial charge in [0.25, 0.3) is 5.91 Å². The second-order valence-electron chi connectivity index (χ2n) is 7.81. The summed E-state index contributed by atoms with van der Waals surface area (Å²) in [6, 6.07) is 12.1. The van der Waals surface area contributed by atoms with Gasteiger partial charge in [0, 0.05) is 6.26 Å². The highest BCUT2D eigenvalue weighted by molar-refractivity contribution is 9.10. The highest BCUT2D eigenvalue weighted by atomic mass is 79.9. The van der Waals surface area contributed by atoms with E-state index in [1.54, 1.807) is 12.1 Å². The van der Waals surface area contributed by atoms with Gasteiger partial charge in [-0.15, -0.1) is 0 Å². The van der Waals surface area contributed by atoms with Crippen LogP contribution < -0.4 is 10.1 Å². The van der Waals surface area contributed by atoms with Crippen LogP contribution in [-0.2, 0) is 20.0 Å². The molecule has 0 radical (unpaired) electrons. The second-order valence-corrected chi connectivity index (χ2v) is 10.7. The Hall–Kier alpha value is -1.86. The average Bonchev–Trinajstić information content (AvgIpc) is 2.59. The quantitative estimate of drug-likeness (QED) is 0.682. The van der Waals surface area contributed by atoms with Gasteiger partial charge in [0.05, 0.1) is 15.4 Å². The molecule has 152 valence electrons. The van der Waals surface area contributed by atoms with Crippen LogP contribution in [0.1, 0.15) is 44.9 Å². The van der Waals surface area contributed by atoms with Crippen molar-refractivity contribution in [2.45, 2.75) is 44.0 Å². The van der Waals surface area contributed by atoms with Crippen molar-refractivity contribution in [2.24, 2.45) is 0 Å². The first-order valence-corrected chi connectivity index (χ1v) is 11.6. The fraction of sp³-hybridized carbons (Fsp3) is 0.381. The molecule has 1 atom stereocenters. The first-order chi connectivity index (χ1) is 12.9. The number of nitrogens with one attached hydrogen (secondary N) is 1. The summed E-state index contributed by atoms with van der Waals surface area (Å²) < 4.78 is 29.5. The average molecular weight is 468 g/mol. The lowest BCUT2D eigenvalue weighted by Crippen LogP contribution is -2.31. The minimum Gasteiger partial charge on any atom is -0.483 e. The molecule has 7 heteroatoms. The van der Waals surface area contributed by atoms with Crippen molar-refractivity contribution in [1.82, 2.24) is 5.32 Å². The van der Waals surface area contributed by atoms with Gasteiger partial charge in [0.1, 0.15) is 5.75 Å². The minimum absolute atomic E-state index is 0.0283. The van der Waals surface area contributed by atoms with Crippen molar-refractivity contribution in [3.8, 4) is 5.75 Å². The Bertz CT molecular complexity index is 947. The van der Waals surface area contributed by atoms with Crippen LogP contribution in [0.3, 0.4) is 0 Å². The molecule has 0 saturated carbocycles. The molecular formula is C21H26BrNO4S. The van der Waals surface area contributed by atoms with Crippen LogP contribution in [0.15, 0.2) is 51.8 Å². The van der Waals surface area contributed by atoms with Gasteiger partial charge in [0.2, 0.25) is 0 Å². The molecule has 5 nitrogen and oxygen atoms in total. The first-order valence-electron chi connectivity index (χ1n) is 8.90. The van der Waals surface area contributed by atoms with Gasteiger partial charge in [0.15, 0.2) is 16.4 Å². The Balaban J connectivity index is 1.95. The Labute approximate surface area is 175 Å². The van der Waals surface area contributed by atoms with Gasteiger partial charge in [-0.25, -0.2) is 8.42 Å². The van der Waals surface area contributed by atoms with Gasteiger partial charge < -0.3 is 10.1 Å². The van der Waals surface area contributed by atoms with E-state index in [4.69, 9.17) is 4.74 Å². The lowest BCUT2D eigenvalue weighted by atomic mass is 9.87. The maximum absolute atomic E-state index is 12.2. The molecule has 2 aromatic rings. The zero-order chi connectivity index (χ0) is 21.1. The Morgan fingerprint density at radius 3 is 2.25 bits per heavy atom. The number of hydrogen-bond donors (Lipinski definition) is 1. The third-order valence-corrected chi connectivity index (χ3v) is 6.09. The molecule has 1 amide bonds. The lowest BCUT2D eigenvalue weighted by molar-refractivity contribution is -0.123. The summed E-state index contributed by atoms with van der Waals surface area (Å²) >= 11 is 3.49. The third kappa shape index (κ3) is 6.07. The summed E-state index contributed by atoms with van der Waals surface area (Å²) in [5, 5.41) is 2.85. The van der Waals surface area contributed by atoms with Crippen LogP contribution in [0.5, 0.6) is 5.75 Å². The Kier molecular flexibility index (Phi) is 6.93. The van der Waals surface area contributed by atoms with Gasteiger partial charge in [-0.1, -0.05) is 39.0 Å². The fourth-order valence-electron chi connectivity index (χ4n) is 2.60. The number of halogens is 1. The number of carbonyl (C=O) groups is 1. The summed E-state index contributed by atoms with van der Waals surface area (Å²) in [7, 11) is -3.24. The van der Waals surface area contributed by atoms with E-state index < -0.39 is 9.84 Å². The standard InChI is InChI=1S/C21H26BrNO4S/c1-14(15-6-9-17(10-7-15)28(5,25)26)23-20(24)13-27-19-11-8-16(12-18(19)22)21(2,3)4/h6-12,14H,13H2,1-5H3,(H,23,24). The number of amides is 1. The van der Waals surface area contributed by atoms with E-state index in [0.29, 0.717) is 5.75 Å². The molecule has 0 aliphatic carbocycles. The first kappa shape index (κ1) is 22.4. The van der Waals surface area contributed by atoms with Gasteiger partial charge >= 0.3 is 0 Å². The van der Waals surface area contributed by atoms with Crippen LogP contribution in [-0.4, -0.2) is 27.2 Å². The maximum Gasteiger partial charge on any atom is 0.258 e. The van der Waals surface area contributed by atoms with Crippen LogP contribution in [0.4, 0.5) is 0 Å². The van der Waals surface area contributed by atoms with Crippen molar-refractivity contribution in [2.75, 3.05) is 12.9 Å². The molecule has 1 unspecified atom stereocenters. The van der Waals surface area contributed by atoms with Gasteiger partial charge in [-0.3, -0.25) is 4.79 Å². The highest BCUT2D eigenvalue weighted by Gasteiger charge is 2.16. The number of hydrogen-bond acceptors (Lipinski definition) is 4. The SMILES string of the molecule is CC(NC(=O)COc1ccc(C(C)(C)C)cc1Br)c1ccc(S(C)(=O)=O)cc1. The molecule has 0 saturated heterocycles. The van der Waals surface area contributed by atoms with E-state index in [1.165, 1.54) is 17.7 Å². The largest absolute Gasteiger partial charge is 0.483 e. The smallest absolute Gasteiger partial charge is 0.258 e. The third-order valence-electron chi connectivity index (χ3n) is 4.34. The van der Waals surface area contributed by atoms with Crippen LogP contribution >= 0.6 is 15.9 Å². The molecule has 0 aliphatic heterocycles. The van der Waals surface area contributed by atoms with Gasteiger partial charge in [-0.05, 0) is 63.7 Å². The summed E-state index contributed by atoms with van der Waals surface area (Å²) in [4.78, 5) is 12.5. The predicted octanol–water partition coefficient (Wildman–Crippen LogP) is 4.41. The zero-order valence-corrected chi connectivity index (χ0v) is 19.1. The summed E-state index contributed by atoms with van der Waals surface area (Å²) in [6.07, 6.45) is 1.16. The van der Waals surface area contributed by atoms with E-state index in [2.05, 4.69) is 42.0 Å². The van der Waals surface area contributed by atoms with E-state index in [1.807, 2.05) is 25.1 Å². The molecule has 0 fully saturated rings. The molecule has 2 aromatic carbocycles. The molecule has 0 aliphatic rings. The van der Waals surface area contributed by atoms with Crippen LogP contribution in [0.2, 0.25) is 0 Å². The number of ether oxygens (including phenoxy) is 1. The number of rotatable bonds is 6. The Morgan fingerprint density at radius 1 is 1.14 bits per heavy atom. The lowest BCUT2D eigenvalue weighted by Gasteiger charge is -2.20. The van der Waals surface area contributed by atoms with Crippen molar-refractivity contribution in [3.63, 3.8) is 0 Å². The number of benzene rings is 2. The van der Waals surface area contributed by atoms with E-state index in [-0.39, 0.29) is 28.9 Å². The molecule has 0 bridgehead atoms. The monoisotopic (exact) mass is 467 g/mol. The van der Waals surface area contributed by atoms with Crippen molar-refractivity contribution in [3.05, 3.63) is 58.1 Å². The van der Waals surface area contributed by atoms with E-state index in [9.17, 15) is 13.2 Å². The summed E-state index contributed by atoms with van der Waals surface area (Å²) in [5.41, 5.74) is 2.01. The molecule has 1 N–H and O–H groups in total. The molecule has 28 heavy (non-hydrogen) atoms. The fourth-order valence-corrected chi connectivity index (χ4v) is 3.72. The molecular weight excluding hydrogens is 442 g/mol. The molecule has 0 heterocycles. The predicted molar refractivity (Wildman–Crippen MR) is 114 cm³/mol. The zero-order valence-electron chi connectivity index (χ0n) is 16.7. The minimum atomic E-state index is -3.24. The Morgan fingerprint density at radius 2 is 1.75 bits per heavy atom. The topological polar surface area (TPSA) is 72.5 Å². The van der Waals surface area contributed by atoms with Crippen LogP contribution in [0, 0.1) is 0 Å². The van der Waals surface area contributed by atoms with Crippen molar-refractivity contribution >= 4 is 31.7 Å². The highest BCUT2D eigenvalue weighted by Crippen LogP contribution is 2.31. The van der Waals surface area contributed by atoms with Gasteiger partial charge in [-0.2, -0.15) is 0 Å². The second kappa shape index (κ2) is 8.66. The molecule has 2 rings (SSSR count). The maximum atomic E-state index is 12.2. The van der Waals surface area contributed by atoms with E-state index >= 15 is 0 Å². The van der Waals surface area contributed by atoms with Crippen molar-refractivity contribution in [1.29, 1.82) is 0 Å². The molecule has 0 aromatic heterocycles. The molecule has 0 spiro atoms. The van der Waals surface area contributed by atoms with Crippen molar-refractivity contribution < 1.29 is 17.9 Å².